The molecule has 102 valence electrons. The number of nitrogens with zero attached hydrogens (tertiary/aromatic N) is 1. The Morgan fingerprint density at radius 3 is 2.79 bits per heavy atom. The third-order valence-electron chi connectivity index (χ3n) is 2.90. The van der Waals surface area contributed by atoms with Gasteiger partial charge in [-0.15, -0.1) is 11.3 Å². The molecule has 1 aromatic carbocycles. The van der Waals surface area contributed by atoms with E-state index in [4.69, 9.17) is 15.3 Å². The summed E-state index contributed by atoms with van der Waals surface area (Å²) in [5.74, 6) is 7.24. The van der Waals surface area contributed by atoms with Crippen molar-refractivity contribution in [1.82, 2.24) is 10.4 Å². The molecule has 6 heteroatoms. The molecule has 0 aliphatic carbocycles. The van der Waals surface area contributed by atoms with Crippen molar-refractivity contribution in [2.24, 2.45) is 5.84 Å². The van der Waals surface area contributed by atoms with E-state index in [0.29, 0.717) is 0 Å². The SMILES string of the molecule is COc1ccc(OC)c(C(Cc2cncs2)NN)c1. The van der Waals surface area contributed by atoms with Gasteiger partial charge in [-0.05, 0) is 18.2 Å². The fourth-order valence-corrected chi connectivity index (χ4v) is 2.56. The molecule has 1 aromatic heterocycles. The van der Waals surface area contributed by atoms with Crippen molar-refractivity contribution in [2.45, 2.75) is 12.5 Å². The molecule has 0 saturated carbocycles. The normalized spacial score (nSPS) is 12.2. The third kappa shape index (κ3) is 3.23. The predicted octanol–water partition coefficient (Wildman–Crippen LogP) is 1.91. The van der Waals surface area contributed by atoms with Crippen molar-refractivity contribution in [3.8, 4) is 11.5 Å². The molecule has 1 atom stereocenters. The Morgan fingerprint density at radius 2 is 2.21 bits per heavy atom. The summed E-state index contributed by atoms with van der Waals surface area (Å²) in [6, 6.07) is 5.63. The molecule has 0 aliphatic heterocycles. The molecule has 0 amide bonds. The average molecular weight is 279 g/mol. The van der Waals surface area contributed by atoms with Crippen LogP contribution in [0.1, 0.15) is 16.5 Å². The minimum absolute atomic E-state index is 0.0505. The largest absolute Gasteiger partial charge is 0.497 e. The molecule has 3 N–H and O–H groups in total. The van der Waals surface area contributed by atoms with Gasteiger partial charge < -0.3 is 9.47 Å². The average Bonchev–Trinajstić information content (AvgIpc) is 2.97. The summed E-state index contributed by atoms with van der Waals surface area (Å²) in [4.78, 5) is 5.23. The number of benzene rings is 1. The van der Waals surface area contributed by atoms with Gasteiger partial charge in [0.1, 0.15) is 11.5 Å². The molecule has 0 spiro atoms. The number of rotatable bonds is 6. The van der Waals surface area contributed by atoms with E-state index in [2.05, 4.69) is 10.4 Å². The molecule has 0 aliphatic rings. The molecule has 2 aromatic rings. The molecule has 1 heterocycles. The lowest BCUT2D eigenvalue weighted by Crippen LogP contribution is -2.29. The van der Waals surface area contributed by atoms with Crippen molar-refractivity contribution in [1.29, 1.82) is 0 Å². The van der Waals surface area contributed by atoms with Gasteiger partial charge in [-0.2, -0.15) is 0 Å². The first-order chi connectivity index (χ1) is 9.28. The van der Waals surface area contributed by atoms with Crippen LogP contribution in [0.15, 0.2) is 29.9 Å². The number of aromatic nitrogens is 1. The van der Waals surface area contributed by atoms with Crippen LogP contribution in [0.25, 0.3) is 0 Å². The first-order valence-electron chi connectivity index (χ1n) is 5.84. The molecule has 1 unspecified atom stereocenters. The van der Waals surface area contributed by atoms with Gasteiger partial charge in [0.2, 0.25) is 0 Å². The Hall–Kier alpha value is -1.63. The number of ether oxygens (including phenoxy) is 2. The van der Waals surface area contributed by atoms with Crippen molar-refractivity contribution >= 4 is 11.3 Å². The van der Waals surface area contributed by atoms with E-state index in [1.54, 1.807) is 25.6 Å². The van der Waals surface area contributed by atoms with Crippen molar-refractivity contribution in [3.05, 3.63) is 40.3 Å². The van der Waals surface area contributed by atoms with Gasteiger partial charge >= 0.3 is 0 Å². The molecule has 0 saturated heterocycles. The van der Waals surface area contributed by atoms with Crippen molar-refractivity contribution in [3.63, 3.8) is 0 Å². The second-order valence-electron chi connectivity index (χ2n) is 4.00. The van der Waals surface area contributed by atoms with E-state index in [-0.39, 0.29) is 6.04 Å². The van der Waals surface area contributed by atoms with Crippen LogP contribution in [0, 0.1) is 0 Å². The number of thiazole rings is 1. The number of hydrogen-bond acceptors (Lipinski definition) is 6. The number of methoxy groups -OCH3 is 2. The van der Waals surface area contributed by atoms with Crippen LogP contribution in [-0.2, 0) is 6.42 Å². The summed E-state index contributed by atoms with van der Waals surface area (Å²) in [6.07, 6.45) is 2.60. The van der Waals surface area contributed by atoms with Crippen LogP contribution in [0.3, 0.4) is 0 Å². The lowest BCUT2D eigenvalue weighted by molar-refractivity contribution is 0.389. The minimum Gasteiger partial charge on any atom is -0.497 e. The molecular weight excluding hydrogens is 262 g/mol. The van der Waals surface area contributed by atoms with Crippen LogP contribution in [-0.4, -0.2) is 19.2 Å². The highest BCUT2D eigenvalue weighted by Gasteiger charge is 2.17. The van der Waals surface area contributed by atoms with E-state index in [1.807, 2.05) is 29.9 Å². The summed E-state index contributed by atoms with van der Waals surface area (Å²) in [6.45, 7) is 0. The summed E-state index contributed by atoms with van der Waals surface area (Å²) >= 11 is 1.61. The highest BCUT2D eigenvalue weighted by molar-refractivity contribution is 7.09. The van der Waals surface area contributed by atoms with E-state index >= 15 is 0 Å². The van der Waals surface area contributed by atoms with E-state index < -0.39 is 0 Å². The molecule has 0 bridgehead atoms. The fourth-order valence-electron chi connectivity index (χ4n) is 1.91. The molecule has 0 fully saturated rings. The molecule has 0 radical (unpaired) electrons. The van der Waals surface area contributed by atoms with Gasteiger partial charge in [-0.3, -0.25) is 16.3 Å². The Bertz CT molecular complexity index is 517. The second-order valence-corrected chi connectivity index (χ2v) is 4.97. The van der Waals surface area contributed by atoms with E-state index in [9.17, 15) is 0 Å². The number of hydrogen-bond donors (Lipinski definition) is 2. The van der Waals surface area contributed by atoms with Gasteiger partial charge in [0.05, 0.1) is 25.8 Å². The summed E-state index contributed by atoms with van der Waals surface area (Å²) in [5.41, 5.74) is 5.61. The van der Waals surface area contributed by atoms with Crippen molar-refractivity contribution < 1.29 is 9.47 Å². The second kappa shape index (κ2) is 6.51. The summed E-state index contributed by atoms with van der Waals surface area (Å²) in [7, 11) is 3.28. The quantitative estimate of drug-likeness (QED) is 0.624. The number of hydrazine groups is 1. The topological polar surface area (TPSA) is 69.4 Å². The molecular formula is C13H17N3O2S. The lowest BCUT2D eigenvalue weighted by Gasteiger charge is -2.19. The summed E-state index contributed by atoms with van der Waals surface area (Å²) in [5, 5.41) is 0. The van der Waals surface area contributed by atoms with Crippen LogP contribution in [0.2, 0.25) is 0 Å². The Balaban J connectivity index is 2.30. The van der Waals surface area contributed by atoms with Gasteiger partial charge in [0.25, 0.3) is 0 Å². The maximum atomic E-state index is 5.67. The Labute approximate surface area is 116 Å². The van der Waals surface area contributed by atoms with Gasteiger partial charge in [0.15, 0.2) is 0 Å². The van der Waals surface area contributed by atoms with E-state index in [1.165, 1.54) is 0 Å². The van der Waals surface area contributed by atoms with Crippen LogP contribution >= 0.6 is 11.3 Å². The minimum atomic E-state index is -0.0505. The van der Waals surface area contributed by atoms with Gasteiger partial charge in [-0.25, -0.2) is 0 Å². The summed E-state index contributed by atoms with van der Waals surface area (Å²) < 4.78 is 10.6. The highest BCUT2D eigenvalue weighted by Crippen LogP contribution is 2.31. The highest BCUT2D eigenvalue weighted by atomic mass is 32.1. The molecule has 5 nitrogen and oxygen atoms in total. The fraction of sp³-hybridized carbons (Fsp3) is 0.308. The van der Waals surface area contributed by atoms with E-state index in [0.717, 1.165) is 28.4 Å². The van der Waals surface area contributed by atoms with Crippen LogP contribution < -0.4 is 20.7 Å². The zero-order chi connectivity index (χ0) is 13.7. The van der Waals surface area contributed by atoms with Crippen LogP contribution in [0.5, 0.6) is 11.5 Å². The Morgan fingerprint density at radius 1 is 1.37 bits per heavy atom. The number of nitrogens with one attached hydrogen (secondary N) is 1. The third-order valence-corrected chi connectivity index (χ3v) is 3.70. The molecule has 2 rings (SSSR count). The Kier molecular flexibility index (Phi) is 4.73. The predicted molar refractivity (Wildman–Crippen MR) is 75.4 cm³/mol. The zero-order valence-electron chi connectivity index (χ0n) is 10.9. The monoisotopic (exact) mass is 279 g/mol. The first kappa shape index (κ1) is 13.8. The lowest BCUT2D eigenvalue weighted by atomic mass is 10.0. The standard InChI is InChI=1S/C13H17N3O2S/c1-17-9-3-4-13(18-2)11(5-9)12(16-14)6-10-7-15-8-19-10/h3-5,7-8,12,16H,6,14H2,1-2H3. The van der Waals surface area contributed by atoms with Gasteiger partial charge in [0, 0.05) is 23.1 Å². The smallest absolute Gasteiger partial charge is 0.123 e. The van der Waals surface area contributed by atoms with Crippen LogP contribution in [0.4, 0.5) is 0 Å². The molecule has 19 heavy (non-hydrogen) atoms. The van der Waals surface area contributed by atoms with Crippen molar-refractivity contribution in [2.75, 3.05) is 14.2 Å². The first-order valence-corrected chi connectivity index (χ1v) is 6.72. The zero-order valence-corrected chi connectivity index (χ0v) is 11.7. The maximum Gasteiger partial charge on any atom is 0.123 e. The van der Waals surface area contributed by atoms with Gasteiger partial charge in [-0.1, -0.05) is 0 Å². The number of nitrogens with two attached hydrogens (primary N) is 1. The maximum absolute atomic E-state index is 5.67.